The molecule has 5 nitrogen and oxygen atoms in total. The topological polar surface area (TPSA) is 42.0 Å². The number of benzene rings is 2. The third-order valence-electron chi connectivity index (χ3n) is 5.11. The zero-order valence-corrected chi connectivity index (χ0v) is 16.2. The lowest BCUT2D eigenvalue weighted by Crippen LogP contribution is -2.48. The highest BCUT2D eigenvalue weighted by Crippen LogP contribution is 2.21. The van der Waals surface area contributed by atoms with Crippen LogP contribution < -0.4 is 9.47 Å². The van der Waals surface area contributed by atoms with Crippen LogP contribution in [0.1, 0.15) is 22.3 Å². The van der Waals surface area contributed by atoms with Crippen LogP contribution in [0.5, 0.6) is 11.5 Å². The fourth-order valence-corrected chi connectivity index (χ4v) is 3.57. The molecular formula is C22H28N2O3. The molecule has 1 aliphatic rings. The van der Waals surface area contributed by atoms with E-state index in [9.17, 15) is 4.79 Å². The van der Waals surface area contributed by atoms with Crippen LogP contribution in [0.2, 0.25) is 0 Å². The molecule has 1 amide bonds. The molecule has 0 N–H and O–H groups in total. The van der Waals surface area contributed by atoms with Gasteiger partial charge in [-0.15, -0.1) is 0 Å². The van der Waals surface area contributed by atoms with Gasteiger partial charge >= 0.3 is 0 Å². The van der Waals surface area contributed by atoms with E-state index in [1.54, 1.807) is 14.2 Å². The van der Waals surface area contributed by atoms with Crippen LogP contribution in [-0.4, -0.2) is 62.7 Å². The SMILES string of the molecule is COc1ccccc1CCCN1CCN(C(=O)c2ccccc2OC)CC1. The first-order valence-corrected chi connectivity index (χ1v) is 9.49. The maximum atomic E-state index is 12.8. The zero-order chi connectivity index (χ0) is 19.1. The van der Waals surface area contributed by atoms with Gasteiger partial charge in [-0.3, -0.25) is 9.69 Å². The first-order chi connectivity index (χ1) is 13.2. The van der Waals surface area contributed by atoms with E-state index >= 15 is 0 Å². The third-order valence-corrected chi connectivity index (χ3v) is 5.11. The van der Waals surface area contributed by atoms with Crippen molar-refractivity contribution in [3.63, 3.8) is 0 Å². The molecule has 144 valence electrons. The number of amides is 1. The Morgan fingerprint density at radius 2 is 1.52 bits per heavy atom. The van der Waals surface area contributed by atoms with Gasteiger partial charge in [0.25, 0.3) is 5.91 Å². The maximum Gasteiger partial charge on any atom is 0.257 e. The molecule has 2 aromatic carbocycles. The predicted molar refractivity (Wildman–Crippen MR) is 107 cm³/mol. The number of rotatable bonds is 7. The lowest BCUT2D eigenvalue weighted by Gasteiger charge is -2.35. The molecular weight excluding hydrogens is 340 g/mol. The quantitative estimate of drug-likeness (QED) is 0.753. The Morgan fingerprint density at radius 1 is 0.889 bits per heavy atom. The van der Waals surface area contributed by atoms with Crippen molar-refractivity contribution >= 4 is 5.91 Å². The summed E-state index contributed by atoms with van der Waals surface area (Å²) in [4.78, 5) is 17.1. The smallest absolute Gasteiger partial charge is 0.257 e. The largest absolute Gasteiger partial charge is 0.496 e. The average Bonchev–Trinajstić information content (AvgIpc) is 2.74. The molecule has 1 heterocycles. The number of para-hydroxylation sites is 2. The standard InChI is InChI=1S/C22H28N2O3/c1-26-20-11-5-3-8-18(20)9-7-13-23-14-16-24(17-15-23)22(25)19-10-4-6-12-21(19)27-2/h3-6,8,10-12H,7,9,13-17H2,1-2H3. The second-order valence-electron chi connectivity index (χ2n) is 6.75. The number of piperazine rings is 1. The van der Waals surface area contributed by atoms with Gasteiger partial charge in [0, 0.05) is 26.2 Å². The zero-order valence-electron chi connectivity index (χ0n) is 16.2. The molecule has 27 heavy (non-hydrogen) atoms. The number of carbonyl (C=O) groups excluding carboxylic acids is 1. The Bertz CT molecular complexity index is 755. The summed E-state index contributed by atoms with van der Waals surface area (Å²) in [5.41, 5.74) is 1.90. The average molecular weight is 368 g/mol. The minimum absolute atomic E-state index is 0.0566. The van der Waals surface area contributed by atoms with Gasteiger partial charge in [-0.2, -0.15) is 0 Å². The molecule has 0 saturated carbocycles. The van der Waals surface area contributed by atoms with Crippen LogP contribution in [0.4, 0.5) is 0 Å². The molecule has 1 saturated heterocycles. The Morgan fingerprint density at radius 3 is 2.22 bits per heavy atom. The van der Waals surface area contributed by atoms with Crippen molar-refractivity contribution in [2.24, 2.45) is 0 Å². The van der Waals surface area contributed by atoms with Crippen LogP contribution in [0.15, 0.2) is 48.5 Å². The van der Waals surface area contributed by atoms with E-state index < -0.39 is 0 Å². The molecule has 0 atom stereocenters. The minimum Gasteiger partial charge on any atom is -0.496 e. The number of methoxy groups -OCH3 is 2. The Hall–Kier alpha value is -2.53. The molecule has 0 bridgehead atoms. The third kappa shape index (κ3) is 4.80. The number of hydrogen-bond acceptors (Lipinski definition) is 4. The molecule has 0 unspecified atom stereocenters. The van der Waals surface area contributed by atoms with Crippen molar-refractivity contribution in [3.8, 4) is 11.5 Å². The first kappa shape index (κ1) is 19.2. The van der Waals surface area contributed by atoms with E-state index in [4.69, 9.17) is 9.47 Å². The fourth-order valence-electron chi connectivity index (χ4n) is 3.57. The summed E-state index contributed by atoms with van der Waals surface area (Å²) in [6.07, 6.45) is 2.09. The van der Waals surface area contributed by atoms with Crippen molar-refractivity contribution in [3.05, 3.63) is 59.7 Å². The molecule has 0 radical (unpaired) electrons. The van der Waals surface area contributed by atoms with Gasteiger partial charge in [0.05, 0.1) is 19.8 Å². The predicted octanol–water partition coefficient (Wildman–Crippen LogP) is 3.09. The molecule has 1 fully saturated rings. The van der Waals surface area contributed by atoms with E-state index in [0.29, 0.717) is 11.3 Å². The normalized spacial score (nSPS) is 14.8. The summed E-state index contributed by atoms with van der Waals surface area (Å²) in [6, 6.07) is 15.6. The summed E-state index contributed by atoms with van der Waals surface area (Å²) in [7, 11) is 3.32. The van der Waals surface area contributed by atoms with Gasteiger partial charge < -0.3 is 14.4 Å². The van der Waals surface area contributed by atoms with Gasteiger partial charge in [-0.1, -0.05) is 30.3 Å². The maximum absolute atomic E-state index is 12.8. The molecule has 5 heteroatoms. The van der Waals surface area contributed by atoms with E-state index in [2.05, 4.69) is 17.0 Å². The van der Waals surface area contributed by atoms with Gasteiger partial charge in [-0.25, -0.2) is 0 Å². The van der Waals surface area contributed by atoms with Crippen molar-refractivity contribution in [1.29, 1.82) is 0 Å². The molecule has 2 aromatic rings. The lowest BCUT2D eigenvalue weighted by molar-refractivity contribution is 0.0633. The molecule has 3 rings (SSSR count). The highest BCUT2D eigenvalue weighted by Gasteiger charge is 2.23. The number of nitrogens with zero attached hydrogens (tertiary/aromatic N) is 2. The van der Waals surface area contributed by atoms with E-state index in [1.807, 2.05) is 41.3 Å². The highest BCUT2D eigenvalue weighted by atomic mass is 16.5. The Kier molecular flexibility index (Phi) is 6.71. The van der Waals surface area contributed by atoms with Crippen LogP contribution in [-0.2, 0) is 6.42 Å². The lowest BCUT2D eigenvalue weighted by atomic mass is 10.1. The summed E-state index contributed by atoms with van der Waals surface area (Å²) < 4.78 is 10.7. The van der Waals surface area contributed by atoms with E-state index in [0.717, 1.165) is 51.3 Å². The monoisotopic (exact) mass is 368 g/mol. The number of carbonyl (C=O) groups is 1. The van der Waals surface area contributed by atoms with Crippen molar-refractivity contribution < 1.29 is 14.3 Å². The molecule has 0 aromatic heterocycles. The first-order valence-electron chi connectivity index (χ1n) is 9.49. The van der Waals surface area contributed by atoms with Crippen LogP contribution in [0.25, 0.3) is 0 Å². The van der Waals surface area contributed by atoms with Gasteiger partial charge in [0.15, 0.2) is 0 Å². The second kappa shape index (κ2) is 9.42. The number of ether oxygens (including phenoxy) is 2. The van der Waals surface area contributed by atoms with Crippen LogP contribution in [0, 0.1) is 0 Å². The van der Waals surface area contributed by atoms with Crippen molar-refractivity contribution in [1.82, 2.24) is 9.80 Å². The Balaban J connectivity index is 1.47. The van der Waals surface area contributed by atoms with E-state index in [1.165, 1.54) is 5.56 Å². The van der Waals surface area contributed by atoms with E-state index in [-0.39, 0.29) is 5.91 Å². The second-order valence-corrected chi connectivity index (χ2v) is 6.75. The molecule has 1 aliphatic heterocycles. The number of hydrogen-bond donors (Lipinski definition) is 0. The van der Waals surface area contributed by atoms with Gasteiger partial charge in [0.2, 0.25) is 0 Å². The van der Waals surface area contributed by atoms with Gasteiger partial charge in [-0.05, 0) is 43.1 Å². The fraction of sp³-hybridized carbons (Fsp3) is 0.409. The van der Waals surface area contributed by atoms with Crippen LogP contribution >= 0.6 is 0 Å². The Labute approximate surface area is 161 Å². The minimum atomic E-state index is 0.0566. The van der Waals surface area contributed by atoms with Crippen LogP contribution in [0.3, 0.4) is 0 Å². The molecule has 0 spiro atoms. The molecule has 0 aliphatic carbocycles. The summed E-state index contributed by atoms with van der Waals surface area (Å²) in [6.45, 7) is 4.37. The number of aryl methyl sites for hydroxylation is 1. The summed E-state index contributed by atoms with van der Waals surface area (Å²) >= 11 is 0. The summed E-state index contributed by atoms with van der Waals surface area (Å²) in [5, 5.41) is 0. The van der Waals surface area contributed by atoms with Gasteiger partial charge in [0.1, 0.15) is 11.5 Å². The highest BCUT2D eigenvalue weighted by molar-refractivity contribution is 5.97. The van der Waals surface area contributed by atoms with Crippen molar-refractivity contribution in [2.45, 2.75) is 12.8 Å². The summed E-state index contributed by atoms with van der Waals surface area (Å²) in [5.74, 6) is 1.66. The van der Waals surface area contributed by atoms with Crippen molar-refractivity contribution in [2.75, 3.05) is 46.9 Å².